The number of hydrogen-bond donors (Lipinski definition) is 1. The molecule has 7 nitrogen and oxygen atoms in total. The van der Waals surface area contributed by atoms with Gasteiger partial charge in [0, 0.05) is 11.9 Å². The molecule has 3 aromatic rings. The van der Waals surface area contributed by atoms with Gasteiger partial charge in [-0.1, -0.05) is 12.1 Å². The van der Waals surface area contributed by atoms with E-state index in [1.54, 1.807) is 24.3 Å². The second-order valence-electron chi connectivity index (χ2n) is 6.05. The van der Waals surface area contributed by atoms with Crippen LogP contribution >= 0.6 is 0 Å². The highest BCUT2D eigenvalue weighted by Gasteiger charge is 2.21. The van der Waals surface area contributed by atoms with E-state index in [9.17, 15) is 19.2 Å². The molecular formula is C21H16FN3O4. The normalized spacial score (nSPS) is 10.3. The number of carbonyl (C=O) groups is 2. The maximum atomic E-state index is 13.9. The third kappa shape index (κ3) is 3.66. The van der Waals surface area contributed by atoms with Gasteiger partial charge in [-0.15, -0.1) is 0 Å². The first-order chi connectivity index (χ1) is 13.9. The quantitative estimate of drug-likeness (QED) is 0.682. The third-order valence-electron chi connectivity index (χ3n) is 4.34. The van der Waals surface area contributed by atoms with Crippen molar-refractivity contribution >= 4 is 17.6 Å². The molecule has 2 aromatic carbocycles. The van der Waals surface area contributed by atoms with Gasteiger partial charge in [0.2, 0.25) is 0 Å². The number of ether oxygens (including phenoxy) is 2. The van der Waals surface area contributed by atoms with Crippen molar-refractivity contribution in [2.45, 2.75) is 0 Å². The van der Waals surface area contributed by atoms with Gasteiger partial charge in [-0.05, 0) is 41.5 Å². The number of nitrogen functional groups attached to an aromatic ring is 1. The minimum atomic E-state index is -0.680. The van der Waals surface area contributed by atoms with E-state index in [2.05, 4.69) is 4.74 Å². The zero-order chi connectivity index (χ0) is 21.1. The van der Waals surface area contributed by atoms with Crippen LogP contribution in [0.5, 0.6) is 0 Å². The van der Waals surface area contributed by atoms with Crippen molar-refractivity contribution in [1.29, 1.82) is 5.26 Å². The van der Waals surface area contributed by atoms with Crippen molar-refractivity contribution < 1.29 is 23.5 Å². The average molecular weight is 393 g/mol. The van der Waals surface area contributed by atoms with E-state index in [1.807, 2.05) is 6.07 Å². The van der Waals surface area contributed by atoms with Gasteiger partial charge in [0.15, 0.2) is 5.69 Å². The van der Waals surface area contributed by atoms with Crippen LogP contribution < -0.4 is 5.73 Å². The fraction of sp³-hybridized carbons (Fsp3) is 0.0952. The number of carbonyl (C=O) groups excluding carboxylic acids is 2. The van der Waals surface area contributed by atoms with Gasteiger partial charge in [0.25, 0.3) is 0 Å². The summed E-state index contributed by atoms with van der Waals surface area (Å²) in [7, 11) is 2.44. The van der Waals surface area contributed by atoms with Crippen LogP contribution in [0.15, 0.2) is 48.7 Å². The molecule has 0 saturated carbocycles. The fourth-order valence-electron chi connectivity index (χ4n) is 2.92. The molecule has 0 saturated heterocycles. The molecule has 3 rings (SSSR count). The Morgan fingerprint density at radius 1 is 1.03 bits per heavy atom. The van der Waals surface area contributed by atoms with E-state index in [1.165, 1.54) is 37.1 Å². The number of rotatable bonds is 4. The van der Waals surface area contributed by atoms with Gasteiger partial charge in [-0.2, -0.15) is 5.26 Å². The van der Waals surface area contributed by atoms with Crippen LogP contribution in [0, 0.1) is 17.1 Å². The van der Waals surface area contributed by atoms with E-state index in [4.69, 9.17) is 10.5 Å². The molecule has 0 atom stereocenters. The third-order valence-corrected chi connectivity index (χ3v) is 4.34. The topological polar surface area (TPSA) is 107 Å². The Morgan fingerprint density at radius 2 is 1.69 bits per heavy atom. The molecule has 1 aromatic heterocycles. The molecule has 8 heteroatoms. The summed E-state index contributed by atoms with van der Waals surface area (Å²) in [5, 5.41) is 9.20. The maximum Gasteiger partial charge on any atom is 0.357 e. The minimum absolute atomic E-state index is 0.0243. The number of methoxy groups -OCH3 is 2. The summed E-state index contributed by atoms with van der Waals surface area (Å²) in [4.78, 5) is 23.8. The number of hydrogen-bond acceptors (Lipinski definition) is 6. The monoisotopic (exact) mass is 393 g/mol. The van der Waals surface area contributed by atoms with Crippen LogP contribution in [-0.2, 0) is 9.47 Å². The molecule has 0 aliphatic rings. The van der Waals surface area contributed by atoms with Crippen molar-refractivity contribution in [2.75, 3.05) is 20.0 Å². The Labute approximate surface area is 165 Å². The van der Waals surface area contributed by atoms with Gasteiger partial charge in [0.05, 0.1) is 31.0 Å². The Balaban J connectivity index is 2.05. The summed E-state index contributed by atoms with van der Waals surface area (Å²) >= 11 is 0. The lowest BCUT2D eigenvalue weighted by Gasteiger charge is -2.10. The number of halogens is 1. The number of esters is 2. The van der Waals surface area contributed by atoms with Crippen molar-refractivity contribution in [3.63, 3.8) is 0 Å². The molecule has 0 bridgehead atoms. The molecule has 0 spiro atoms. The first kappa shape index (κ1) is 19.6. The average Bonchev–Trinajstić information content (AvgIpc) is 3.08. The number of benzene rings is 2. The predicted octanol–water partition coefficient (Wildman–Crippen LogP) is 3.31. The lowest BCUT2D eigenvalue weighted by Crippen LogP contribution is -2.11. The van der Waals surface area contributed by atoms with Gasteiger partial charge in [-0.3, -0.25) is 0 Å². The standard InChI is InChI=1S/C21H16FN3O4/c1-28-20(26)14-7-13(8-16(22)9-14)12-3-5-17(6-4-12)25-11-15(10-23)18(24)19(25)21(27)29-2/h3-9,11H,24H2,1-2H3. The Morgan fingerprint density at radius 3 is 2.28 bits per heavy atom. The predicted molar refractivity (Wildman–Crippen MR) is 103 cm³/mol. The van der Waals surface area contributed by atoms with Crippen molar-refractivity contribution in [3.05, 3.63) is 71.3 Å². The van der Waals surface area contributed by atoms with E-state index in [-0.39, 0.29) is 22.5 Å². The van der Waals surface area contributed by atoms with Gasteiger partial charge < -0.3 is 19.8 Å². The number of nitrogens with two attached hydrogens (primary N) is 1. The zero-order valence-electron chi connectivity index (χ0n) is 15.6. The zero-order valence-corrected chi connectivity index (χ0v) is 15.6. The number of nitrogens with zero attached hydrogens (tertiary/aromatic N) is 2. The molecule has 146 valence electrons. The molecule has 0 unspecified atom stereocenters. The first-order valence-corrected chi connectivity index (χ1v) is 8.38. The van der Waals surface area contributed by atoms with Crippen molar-refractivity contribution in [2.24, 2.45) is 0 Å². The first-order valence-electron chi connectivity index (χ1n) is 8.38. The summed E-state index contributed by atoms with van der Waals surface area (Å²) < 4.78 is 24.8. The van der Waals surface area contributed by atoms with Crippen LogP contribution in [0.4, 0.5) is 10.1 Å². The van der Waals surface area contributed by atoms with Crippen LogP contribution in [-0.4, -0.2) is 30.7 Å². The SMILES string of the molecule is COC(=O)c1cc(F)cc(-c2ccc(-n3cc(C#N)c(N)c3C(=O)OC)cc2)c1. The number of anilines is 1. The van der Waals surface area contributed by atoms with Crippen LogP contribution in [0.25, 0.3) is 16.8 Å². The van der Waals surface area contributed by atoms with Crippen LogP contribution in [0.3, 0.4) is 0 Å². The van der Waals surface area contributed by atoms with E-state index in [0.29, 0.717) is 16.8 Å². The molecule has 2 N–H and O–H groups in total. The van der Waals surface area contributed by atoms with Gasteiger partial charge in [-0.25, -0.2) is 14.0 Å². The molecule has 0 fully saturated rings. The van der Waals surface area contributed by atoms with Gasteiger partial charge in [0.1, 0.15) is 11.9 Å². The van der Waals surface area contributed by atoms with Crippen LogP contribution in [0.2, 0.25) is 0 Å². The number of aromatic nitrogens is 1. The summed E-state index contributed by atoms with van der Waals surface area (Å²) in [5.74, 6) is -1.89. The lowest BCUT2D eigenvalue weighted by atomic mass is 10.0. The summed E-state index contributed by atoms with van der Waals surface area (Å²) in [6, 6.07) is 12.6. The number of nitriles is 1. The van der Waals surface area contributed by atoms with Crippen molar-refractivity contribution in [1.82, 2.24) is 4.57 Å². The second-order valence-corrected chi connectivity index (χ2v) is 6.05. The summed E-state index contributed by atoms with van der Waals surface area (Å²) in [6.07, 6.45) is 1.44. The van der Waals surface area contributed by atoms with E-state index < -0.39 is 17.8 Å². The molecule has 0 radical (unpaired) electrons. The minimum Gasteiger partial charge on any atom is -0.465 e. The van der Waals surface area contributed by atoms with Crippen molar-refractivity contribution in [3.8, 4) is 22.9 Å². The Hall–Kier alpha value is -4.12. The molecule has 0 aliphatic carbocycles. The smallest absolute Gasteiger partial charge is 0.357 e. The second kappa shape index (κ2) is 7.86. The van der Waals surface area contributed by atoms with E-state index in [0.717, 1.165) is 6.07 Å². The maximum absolute atomic E-state index is 13.9. The Bertz CT molecular complexity index is 1140. The highest BCUT2D eigenvalue weighted by atomic mass is 19.1. The highest BCUT2D eigenvalue weighted by molar-refractivity contribution is 5.96. The largest absolute Gasteiger partial charge is 0.465 e. The molecule has 1 heterocycles. The highest BCUT2D eigenvalue weighted by Crippen LogP contribution is 2.27. The molecule has 0 amide bonds. The summed E-state index contributed by atoms with van der Waals surface area (Å²) in [6.45, 7) is 0. The molecule has 0 aliphatic heterocycles. The fourth-order valence-corrected chi connectivity index (χ4v) is 2.92. The Kier molecular flexibility index (Phi) is 5.32. The lowest BCUT2D eigenvalue weighted by molar-refractivity contribution is 0.0587. The molecule has 29 heavy (non-hydrogen) atoms. The van der Waals surface area contributed by atoms with E-state index >= 15 is 0 Å². The molecular weight excluding hydrogens is 377 g/mol. The van der Waals surface area contributed by atoms with Gasteiger partial charge >= 0.3 is 11.9 Å². The summed E-state index contributed by atoms with van der Waals surface area (Å²) in [5.41, 5.74) is 7.86. The van der Waals surface area contributed by atoms with Crippen LogP contribution in [0.1, 0.15) is 26.4 Å².